The number of carbonyl (C=O) groups excluding carboxylic acids is 3. The molecule has 0 saturated carbocycles. The van der Waals surface area contributed by atoms with Crippen molar-refractivity contribution in [3.05, 3.63) is 54.6 Å². The van der Waals surface area contributed by atoms with Crippen LogP contribution >= 0.6 is 0 Å². The minimum atomic E-state index is -0.554. The van der Waals surface area contributed by atoms with Gasteiger partial charge in [0.05, 0.1) is 0 Å². The summed E-state index contributed by atoms with van der Waals surface area (Å²) in [5, 5.41) is 5.47. The quantitative estimate of drug-likeness (QED) is 0.771. The molecule has 0 unspecified atom stereocenters. The third-order valence-electron chi connectivity index (χ3n) is 4.40. The molecule has 27 heavy (non-hydrogen) atoms. The van der Waals surface area contributed by atoms with Gasteiger partial charge in [-0.05, 0) is 24.0 Å². The number of hydrogen-bond donors (Lipinski definition) is 2. The van der Waals surface area contributed by atoms with Gasteiger partial charge in [-0.15, -0.1) is 0 Å². The predicted molar refractivity (Wildman–Crippen MR) is 104 cm³/mol. The van der Waals surface area contributed by atoms with Crippen LogP contribution in [0.1, 0.15) is 20.3 Å². The van der Waals surface area contributed by atoms with E-state index in [0.717, 1.165) is 16.0 Å². The Bertz CT molecular complexity index is 849. The molecule has 1 aliphatic rings. The molecule has 0 bridgehead atoms. The number of benzene rings is 2. The molecule has 2 N–H and O–H groups in total. The summed E-state index contributed by atoms with van der Waals surface area (Å²) >= 11 is 0. The van der Waals surface area contributed by atoms with Gasteiger partial charge in [-0.2, -0.15) is 0 Å². The second-order valence-corrected chi connectivity index (χ2v) is 7.02. The van der Waals surface area contributed by atoms with E-state index < -0.39 is 18.0 Å². The first kappa shape index (κ1) is 18.6. The Morgan fingerprint density at radius 1 is 1.07 bits per heavy atom. The Morgan fingerprint density at radius 2 is 1.74 bits per heavy atom. The lowest BCUT2D eigenvalue weighted by molar-refractivity contribution is -0.131. The number of para-hydroxylation sites is 1. The highest BCUT2D eigenvalue weighted by Crippen LogP contribution is 2.27. The minimum absolute atomic E-state index is 0.269. The largest absolute Gasteiger partial charge is 0.326 e. The van der Waals surface area contributed by atoms with Crippen LogP contribution in [0.5, 0.6) is 0 Å². The molecule has 1 heterocycles. The number of anilines is 1. The lowest BCUT2D eigenvalue weighted by Gasteiger charge is -2.15. The van der Waals surface area contributed by atoms with Gasteiger partial charge in [-0.3, -0.25) is 14.5 Å². The van der Waals surface area contributed by atoms with Crippen molar-refractivity contribution in [2.75, 3.05) is 11.9 Å². The fraction of sp³-hybridized carbons (Fsp3) is 0.286. The van der Waals surface area contributed by atoms with E-state index in [4.69, 9.17) is 0 Å². The van der Waals surface area contributed by atoms with Crippen molar-refractivity contribution >= 4 is 23.5 Å². The summed E-state index contributed by atoms with van der Waals surface area (Å²) in [5.74, 6) is -0.488. The van der Waals surface area contributed by atoms with Crippen LogP contribution in [0.4, 0.5) is 10.5 Å². The molecule has 2 aromatic rings. The monoisotopic (exact) mass is 365 g/mol. The van der Waals surface area contributed by atoms with E-state index in [0.29, 0.717) is 12.1 Å². The number of amides is 4. The average Bonchev–Trinajstić information content (AvgIpc) is 2.90. The fourth-order valence-corrected chi connectivity index (χ4v) is 3.15. The van der Waals surface area contributed by atoms with Gasteiger partial charge in [0, 0.05) is 11.3 Å². The molecule has 1 saturated heterocycles. The second kappa shape index (κ2) is 8.03. The van der Waals surface area contributed by atoms with Gasteiger partial charge in [0.1, 0.15) is 12.6 Å². The molecule has 0 radical (unpaired) electrons. The number of imide groups is 1. The van der Waals surface area contributed by atoms with E-state index in [1.165, 1.54) is 0 Å². The van der Waals surface area contributed by atoms with Crippen molar-refractivity contribution in [1.29, 1.82) is 0 Å². The number of urea groups is 1. The van der Waals surface area contributed by atoms with Gasteiger partial charge in [-0.1, -0.05) is 62.4 Å². The summed E-state index contributed by atoms with van der Waals surface area (Å²) in [7, 11) is 0. The molecule has 140 valence electrons. The SMILES string of the molecule is CC(C)C[C@@H]1NC(=O)N(CC(=O)Nc2ccccc2-c2ccccc2)C1=O. The lowest BCUT2D eigenvalue weighted by atomic mass is 10.0. The summed E-state index contributed by atoms with van der Waals surface area (Å²) in [6.07, 6.45) is 0.555. The molecule has 0 spiro atoms. The van der Waals surface area contributed by atoms with E-state index in [2.05, 4.69) is 10.6 Å². The highest BCUT2D eigenvalue weighted by Gasteiger charge is 2.39. The molecular formula is C21H23N3O3. The van der Waals surface area contributed by atoms with Crippen LogP contribution in [-0.4, -0.2) is 35.3 Å². The normalized spacial score (nSPS) is 16.6. The van der Waals surface area contributed by atoms with Crippen molar-refractivity contribution in [1.82, 2.24) is 10.2 Å². The van der Waals surface area contributed by atoms with Crippen molar-refractivity contribution in [3.63, 3.8) is 0 Å². The van der Waals surface area contributed by atoms with Gasteiger partial charge in [0.15, 0.2) is 0 Å². The molecule has 0 aliphatic carbocycles. The summed E-state index contributed by atoms with van der Waals surface area (Å²) in [6.45, 7) is 3.66. The van der Waals surface area contributed by atoms with Gasteiger partial charge >= 0.3 is 6.03 Å². The predicted octanol–water partition coefficient (Wildman–Crippen LogP) is 3.26. The zero-order valence-corrected chi connectivity index (χ0v) is 15.4. The van der Waals surface area contributed by atoms with E-state index in [1.54, 1.807) is 6.07 Å². The molecule has 2 aromatic carbocycles. The Morgan fingerprint density at radius 3 is 2.44 bits per heavy atom. The molecule has 1 atom stereocenters. The molecule has 1 fully saturated rings. The van der Waals surface area contributed by atoms with Crippen LogP contribution in [0.2, 0.25) is 0 Å². The fourth-order valence-electron chi connectivity index (χ4n) is 3.15. The molecule has 6 heteroatoms. The van der Waals surface area contributed by atoms with E-state index in [1.807, 2.05) is 62.4 Å². The Balaban J connectivity index is 1.70. The maximum atomic E-state index is 12.5. The van der Waals surface area contributed by atoms with E-state index in [9.17, 15) is 14.4 Å². The Hall–Kier alpha value is -3.15. The number of rotatable bonds is 6. The number of nitrogens with one attached hydrogen (secondary N) is 2. The summed E-state index contributed by atoms with van der Waals surface area (Å²) in [6, 6.07) is 16.1. The van der Waals surface area contributed by atoms with Gasteiger partial charge in [0.2, 0.25) is 5.91 Å². The number of hydrogen-bond acceptors (Lipinski definition) is 3. The smallest absolute Gasteiger partial charge is 0.325 e. The zero-order valence-electron chi connectivity index (χ0n) is 15.4. The van der Waals surface area contributed by atoms with Gasteiger partial charge in [0.25, 0.3) is 5.91 Å². The first-order valence-corrected chi connectivity index (χ1v) is 9.02. The highest BCUT2D eigenvalue weighted by atomic mass is 16.2. The van der Waals surface area contributed by atoms with Crippen LogP contribution in [-0.2, 0) is 9.59 Å². The Labute approximate surface area is 158 Å². The molecule has 1 aliphatic heterocycles. The average molecular weight is 365 g/mol. The first-order chi connectivity index (χ1) is 13.0. The van der Waals surface area contributed by atoms with Crippen molar-refractivity contribution < 1.29 is 14.4 Å². The van der Waals surface area contributed by atoms with Gasteiger partial charge in [-0.25, -0.2) is 4.79 Å². The van der Waals surface area contributed by atoms with Crippen molar-refractivity contribution in [3.8, 4) is 11.1 Å². The molecule has 3 rings (SSSR count). The van der Waals surface area contributed by atoms with Crippen LogP contribution in [0.15, 0.2) is 54.6 Å². The maximum Gasteiger partial charge on any atom is 0.325 e. The van der Waals surface area contributed by atoms with Crippen LogP contribution in [0.3, 0.4) is 0 Å². The zero-order chi connectivity index (χ0) is 19.4. The minimum Gasteiger partial charge on any atom is -0.326 e. The van der Waals surface area contributed by atoms with Crippen LogP contribution < -0.4 is 10.6 Å². The standard InChI is InChI=1S/C21H23N3O3/c1-14(2)12-18-20(26)24(21(27)23-18)13-19(25)22-17-11-7-6-10-16(17)15-8-4-3-5-9-15/h3-11,14,18H,12-13H2,1-2H3,(H,22,25)(H,23,27)/t18-/m0/s1. The van der Waals surface area contributed by atoms with E-state index >= 15 is 0 Å². The maximum absolute atomic E-state index is 12.5. The molecule has 6 nitrogen and oxygen atoms in total. The van der Waals surface area contributed by atoms with Gasteiger partial charge < -0.3 is 10.6 Å². The summed E-state index contributed by atoms with van der Waals surface area (Å²) in [5.41, 5.74) is 2.49. The summed E-state index contributed by atoms with van der Waals surface area (Å²) in [4.78, 5) is 37.9. The topological polar surface area (TPSA) is 78.5 Å². The second-order valence-electron chi connectivity index (χ2n) is 7.02. The van der Waals surface area contributed by atoms with Crippen molar-refractivity contribution in [2.45, 2.75) is 26.3 Å². The number of carbonyl (C=O) groups is 3. The van der Waals surface area contributed by atoms with Crippen LogP contribution in [0.25, 0.3) is 11.1 Å². The lowest BCUT2D eigenvalue weighted by Crippen LogP contribution is -2.38. The number of nitrogens with zero attached hydrogens (tertiary/aromatic N) is 1. The van der Waals surface area contributed by atoms with Crippen LogP contribution in [0, 0.1) is 5.92 Å². The van der Waals surface area contributed by atoms with E-state index in [-0.39, 0.29) is 18.4 Å². The highest BCUT2D eigenvalue weighted by molar-refractivity contribution is 6.08. The third-order valence-corrected chi connectivity index (χ3v) is 4.40. The molecule has 4 amide bonds. The summed E-state index contributed by atoms with van der Waals surface area (Å²) < 4.78 is 0. The molecular weight excluding hydrogens is 342 g/mol. The molecule has 0 aromatic heterocycles. The first-order valence-electron chi connectivity index (χ1n) is 9.02. The third kappa shape index (κ3) is 4.34. The van der Waals surface area contributed by atoms with Crippen molar-refractivity contribution in [2.24, 2.45) is 5.92 Å². The Kier molecular flexibility index (Phi) is 5.54.